The van der Waals surface area contributed by atoms with E-state index in [9.17, 15) is 4.79 Å². The first-order valence-electron chi connectivity index (χ1n) is 4.36. The average molecular weight is 197 g/mol. The van der Waals surface area contributed by atoms with Crippen molar-refractivity contribution in [1.29, 1.82) is 0 Å². The second-order valence-electron chi connectivity index (χ2n) is 3.23. The summed E-state index contributed by atoms with van der Waals surface area (Å²) in [6.45, 7) is 2.06. The van der Waals surface area contributed by atoms with E-state index in [1.165, 1.54) is 11.3 Å². The van der Waals surface area contributed by atoms with Crippen LogP contribution in [-0.2, 0) is 4.74 Å². The number of hydrogen-bond acceptors (Lipinski definition) is 4. The quantitative estimate of drug-likeness (QED) is 0.682. The number of rotatable bonds is 2. The third-order valence-electron chi connectivity index (χ3n) is 2.16. The molecule has 0 aromatic carbocycles. The highest BCUT2D eigenvalue weighted by Crippen LogP contribution is 2.34. The number of aromatic nitrogens is 1. The first-order valence-corrected chi connectivity index (χ1v) is 5.17. The largest absolute Gasteiger partial charge is 0.368 e. The molecule has 1 saturated heterocycles. The third-order valence-corrected chi connectivity index (χ3v) is 3.18. The number of aldehydes is 1. The molecule has 1 aliphatic rings. The number of thiazole rings is 1. The maximum atomic E-state index is 10.4. The van der Waals surface area contributed by atoms with E-state index in [1.54, 1.807) is 6.20 Å². The van der Waals surface area contributed by atoms with Crippen LogP contribution in [0.1, 0.15) is 40.5 Å². The zero-order valence-corrected chi connectivity index (χ0v) is 8.21. The van der Waals surface area contributed by atoms with Crippen LogP contribution < -0.4 is 0 Å². The second-order valence-corrected chi connectivity index (χ2v) is 4.33. The molecule has 2 heterocycles. The van der Waals surface area contributed by atoms with Crippen molar-refractivity contribution < 1.29 is 9.53 Å². The molecule has 13 heavy (non-hydrogen) atoms. The minimum Gasteiger partial charge on any atom is -0.368 e. The fourth-order valence-corrected chi connectivity index (χ4v) is 2.29. The van der Waals surface area contributed by atoms with Gasteiger partial charge in [-0.25, -0.2) is 4.98 Å². The molecular formula is C9H11NO2S. The molecule has 2 rings (SSSR count). The van der Waals surface area contributed by atoms with Gasteiger partial charge in [-0.2, -0.15) is 0 Å². The second kappa shape index (κ2) is 3.55. The van der Waals surface area contributed by atoms with Crippen molar-refractivity contribution in [3.63, 3.8) is 0 Å². The number of ether oxygens (including phenoxy) is 1. The van der Waals surface area contributed by atoms with E-state index in [0.717, 1.165) is 24.1 Å². The maximum Gasteiger partial charge on any atom is 0.161 e. The topological polar surface area (TPSA) is 39.2 Å². The molecule has 0 bridgehead atoms. The molecule has 1 aliphatic heterocycles. The Bertz CT molecular complexity index is 310. The smallest absolute Gasteiger partial charge is 0.161 e. The molecule has 2 unspecified atom stereocenters. The van der Waals surface area contributed by atoms with Gasteiger partial charge in [0.15, 0.2) is 6.29 Å². The summed E-state index contributed by atoms with van der Waals surface area (Å²) >= 11 is 1.43. The Labute approximate surface area is 80.8 Å². The van der Waals surface area contributed by atoms with Crippen molar-refractivity contribution in [1.82, 2.24) is 4.98 Å². The number of hydrogen-bond donors (Lipinski definition) is 0. The summed E-state index contributed by atoms with van der Waals surface area (Å²) in [5, 5.41) is 0.937. The van der Waals surface area contributed by atoms with Crippen molar-refractivity contribution in [2.45, 2.75) is 32.0 Å². The van der Waals surface area contributed by atoms with Crippen molar-refractivity contribution >= 4 is 17.6 Å². The molecule has 2 atom stereocenters. The van der Waals surface area contributed by atoms with Gasteiger partial charge >= 0.3 is 0 Å². The van der Waals surface area contributed by atoms with Gasteiger partial charge in [0.05, 0.1) is 11.0 Å². The lowest BCUT2D eigenvalue weighted by Crippen LogP contribution is -2.00. The van der Waals surface area contributed by atoms with E-state index in [2.05, 4.69) is 11.9 Å². The van der Waals surface area contributed by atoms with Crippen LogP contribution in [0.3, 0.4) is 0 Å². The molecule has 70 valence electrons. The Balaban J connectivity index is 2.12. The third kappa shape index (κ3) is 1.78. The molecule has 0 spiro atoms. The summed E-state index contributed by atoms with van der Waals surface area (Å²) in [6.07, 6.45) is 4.99. The number of nitrogens with zero attached hydrogens (tertiary/aromatic N) is 1. The standard InChI is InChI=1S/C9H11NO2S/c1-6-2-3-8(12-6)9-10-4-7(5-11)13-9/h4-6,8H,2-3H2,1H3. The normalized spacial score (nSPS) is 27.8. The summed E-state index contributed by atoms with van der Waals surface area (Å²) in [6, 6.07) is 0. The molecule has 0 amide bonds. The summed E-state index contributed by atoms with van der Waals surface area (Å²) < 4.78 is 5.64. The lowest BCUT2D eigenvalue weighted by atomic mass is 10.2. The van der Waals surface area contributed by atoms with Gasteiger partial charge in [0.2, 0.25) is 0 Å². The summed E-state index contributed by atoms with van der Waals surface area (Å²) in [5.41, 5.74) is 0. The van der Waals surface area contributed by atoms with Crippen molar-refractivity contribution in [3.8, 4) is 0 Å². The zero-order chi connectivity index (χ0) is 9.26. The van der Waals surface area contributed by atoms with E-state index < -0.39 is 0 Å². The molecule has 1 fully saturated rings. The van der Waals surface area contributed by atoms with Crippen LogP contribution in [0.15, 0.2) is 6.20 Å². The number of carbonyl (C=O) groups excluding carboxylic acids is 1. The maximum absolute atomic E-state index is 10.4. The van der Waals surface area contributed by atoms with Gasteiger partial charge in [0.25, 0.3) is 0 Å². The summed E-state index contributed by atoms with van der Waals surface area (Å²) in [5.74, 6) is 0. The highest BCUT2D eigenvalue weighted by molar-refractivity contribution is 7.13. The Kier molecular flexibility index (Phi) is 2.42. The Morgan fingerprint density at radius 1 is 1.69 bits per heavy atom. The first kappa shape index (κ1) is 8.84. The molecule has 3 nitrogen and oxygen atoms in total. The van der Waals surface area contributed by atoms with Crippen LogP contribution in [0.5, 0.6) is 0 Å². The van der Waals surface area contributed by atoms with Crippen molar-refractivity contribution in [3.05, 3.63) is 16.1 Å². The molecule has 0 saturated carbocycles. The Hall–Kier alpha value is -0.740. The van der Waals surface area contributed by atoms with Gasteiger partial charge in [-0.1, -0.05) is 0 Å². The Morgan fingerprint density at radius 3 is 3.08 bits per heavy atom. The average Bonchev–Trinajstić information content (AvgIpc) is 2.71. The lowest BCUT2D eigenvalue weighted by molar-refractivity contribution is 0.0554. The molecule has 0 aliphatic carbocycles. The van der Waals surface area contributed by atoms with Gasteiger partial charge in [0, 0.05) is 6.20 Å². The van der Waals surface area contributed by atoms with Crippen LogP contribution in [-0.4, -0.2) is 17.4 Å². The molecule has 4 heteroatoms. The van der Waals surface area contributed by atoms with Gasteiger partial charge in [-0.15, -0.1) is 11.3 Å². The van der Waals surface area contributed by atoms with E-state index >= 15 is 0 Å². The summed E-state index contributed by atoms with van der Waals surface area (Å²) in [7, 11) is 0. The van der Waals surface area contributed by atoms with Gasteiger partial charge < -0.3 is 4.74 Å². The highest BCUT2D eigenvalue weighted by atomic mass is 32.1. The van der Waals surface area contributed by atoms with Gasteiger partial charge in [0.1, 0.15) is 11.1 Å². The highest BCUT2D eigenvalue weighted by Gasteiger charge is 2.25. The first-order chi connectivity index (χ1) is 6.29. The SMILES string of the molecule is CC1CCC(c2ncc(C=O)s2)O1. The van der Waals surface area contributed by atoms with Gasteiger partial charge in [-0.3, -0.25) is 4.79 Å². The van der Waals surface area contributed by atoms with Crippen molar-refractivity contribution in [2.75, 3.05) is 0 Å². The molecular weight excluding hydrogens is 186 g/mol. The van der Waals surface area contributed by atoms with Crippen LogP contribution >= 0.6 is 11.3 Å². The minimum atomic E-state index is 0.119. The van der Waals surface area contributed by atoms with Crippen LogP contribution in [0, 0.1) is 0 Å². The molecule has 0 N–H and O–H groups in total. The number of carbonyl (C=O) groups is 1. The van der Waals surface area contributed by atoms with Crippen LogP contribution in [0.2, 0.25) is 0 Å². The minimum absolute atomic E-state index is 0.119. The lowest BCUT2D eigenvalue weighted by Gasteiger charge is -2.06. The van der Waals surface area contributed by atoms with E-state index in [4.69, 9.17) is 4.74 Å². The van der Waals surface area contributed by atoms with E-state index in [0.29, 0.717) is 11.0 Å². The monoisotopic (exact) mass is 197 g/mol. The zero-order valence-electron chi connectivity index (χ0n) is 7.40. The van der Waals surface area contributed by atoms with Crippen LogP contribution in [0.4, 0.5) is 0 Å². The van der Waals surface area contributed by atoms with E-state index in [-0.39, 0.29) is 6.10 Å². The van der Waals surface area contributed by atoms with Crippen LogP contribution in [0.25, 0.3) is 0 Å². The predicted octanol–water partition coefficient (Wildman–Crippen LogP) is 2.20. The fourth-order valence-electron chi connectivity index (χ4n) is 1.49. The summed E-state index contributed by atoms with van der Waals surface area (Å²) in [4.78, 5) is 15.3. The predicted molar refractivity (Wildman–Crippen MR) is 50.0 cm³/mol. The molecule has 1 aromatic heterocycles. The molecule has 1 aromatic rings. The fraction of sp³-hybridized carbons (Fsp3) is 0.556. The van der Waals surface area contributed by atoms with Gasteiger partial charge in [-0.05, 0) is 19.8 Å². The molecule has 0 radical (unpaired) electrons. The van der Waals surface area contributed by atoms with Crippen molar-refractivity contribution in [2.24, 2.45) is 0 Å². The van der Waals surface area contributed by atoms with E-state index in [1.807, 2.05) is 0 Å². The Morgan fingerprint density at radius 2 is 2.54 bits per heavy atom.